The number of carbonyl (C=O) groups is 1. The van der Waals surface area contributed by atoms with Crippen molar-refractivity contribution in [2.75, 3.05) is 17.6 Å². The molecule has 0 fully saturated rings. The Bertz CT molecular complexity index is 676. The maximum Gasteiger partial charge on any atom is 0.267 e. The molecule has 0 saturated heterocycles. The minimum absolute atomic E-state index is 0.163. The lowest BCUT2D eigenvalue weighted by Crippen LogP contribution is -2.16. The van der Waals surface area contributed by atoms with Crippen LogP contribution in [0.5, 0.6) is 0 Å². The average molecular weight is 325 g/mol. The molecule has 2 rings (SSSR count). The van der Waals surface area contributed by atoms with Crippen LogP contribution in [0.25, 0.3) is 0 Å². The fourth-order valence-electron chi connectivity index (χ4n) is 1.79. The lowest BCUT2D eigenvalue weighted by molar-refractivity contribution is 0.0996. The molecule has 110 valence electrons. The van der Waals surface area contributed by atoms with Crippen LogP contribution >= 0.6 is 23.2 Å². The fraction of sp³-hybridized carbons (Fsp3) is 0.143. The predicted octanol–water partition coefficient (Wildman–Crippen LogP) is 2.72. The summed E-state index contributed by atoms with van der Waals surface area (Å²) in [7, 11) is 0. The van der Waals surface area contributed by atoms with E-state index >= 15 is 0 Å². The number of aromatic nitrogens is 1. The van der Waals surface area contributed by atoms with E-state index in [1.165, 1.54) is 6.07 Å². The molecule has 0 aliphatic heterocycles. The number of carbonyl (C=O) groups excluding carboxylic acids is 1. The number of pyridine rings is 1. The smallest absolute Gasteiger partial charge is 0.267 e. The van der Waals surface area contributed by atoms with Gasteiger partial charge in [-0.15, -0.1) is 0 Å². The highest BCUT2D eigenvalue weighted by Gasteiger charge is 2.07. The number of hydrogen-bond donors (Lipinski definition) is 3. The molecule has 2 aromatic rings. The highest BCUT2D eigenvalue weighted by molar-refractivity contribution is 6.35. The van der Waals surface area contributed by atoms with Crippen LogP contribution in [-0.2, 0) is 6.42 Å². The van der Waals surface area contributed by atoms with Crippen molar-refractivity contribution in [2.45, 2.75) is 6.42 Å². The zero-order valence-electron chi connectivity index (χ0n) is 11.1. The fourth-order valence-corrected chi connectivity index (χ4v) is 2.29. The first kappa shape index (κ1) is 15.4. The minimum atomic E-state index is -0.598. The third kappa shape index (κ3) is 4.00. The second-order valence-corrected chi connectivity index (χ2v) is 5.25. The number of halogens is 2. The van der Waals surface area contributed by atoms with Gasteiger partial charge in [-0.2, -0.15) is 0 Å². The number of nitrogens with zero attached hydrogens (tertiary/aromatic N) is 1. The van der Waals surface area contributed by atoms with Gasteiger partial charge in [0.05, 0.1) is 5.69 Å². The van der Waals surface area contributed by atoms with Crippen LogP contribution in [0.4, 0.5) is 11.5 Å². The summed E-state index contributed by atoms with van der Waals surface area (Å²) >= 11 is 11.9. The Labute approximate surface area is 132 Å². The Morgan fingerprint density at radius 2 is 2.00 bits per heavy atom. The highest BCUT2D eigenvalue weighted by Crippen LogP contribution is 2.22. The monoisotopic (exact) mass is 324 g/mol. The maximum absolute atomic E-state index is 11.1. The van der Waals surface area contributed by atoms with Crippen molar-refractivity contribution in [3.63, 3.8) is 0 Å². The minimum Gasteiger partial charge on any atom is -0.396 e. The second-order valence-electron chi connectivity index (χ2n) is 4.41. The summed E-state index contributed by atoms with van der Waals surface area (Å²) in [5.74, 6) is -0.171. The lowest BCUT2D eigenvalue weighted by Gasteiger charge is -2.10. The molecule has 0 spiro atoms. The molecular formula is C14H14Cl2N4O. The van der Waals surface area contributed by atoms with Gasteiger partial charge in [0.25, 0.3) is 5.91 Å². The van der Waals surface area contributed by atoms with Crippen molar-refractivity contribution in [2.24, 2.45) is 5.73 Å². The van der Waals surface area contributed by atoms with E-state index in [0.717, 1.165) is 5.56 Å². The van der Waals surface area contributed by atoms with Gasteiger partial charge in [-0.05, 0) is 36.2 Å². The molecule has 0 radical (unpaired) electrons. The second kappa shape index (κ2) is 6.65. The first-order valence-corrected chi connectivity index (χ1v) is 6.97. The zero-order valence-corrected chi connectivity index (χ0v) is 12.6. The van der Waals surface area contributed by atoms with Crippen molar-refractivity contribution in [3.8, 4) is 0 Å². The van der Waals surface area contributed by atoms with Crippen molar-refractivity contribution >= 4 is 40.6 Å². The molecule has 0 unspecified atom stereocenters. The van der Waals surface area contributed by atoms with Gasteiger partial charge < -0.3 is 16.8 Å². The molecule has 21 heavy (non-hydrogen) atoms. The summed E-state index contributed by atoms with van der Waals surface area (Å²) in [6, 6.07) is 8.41. The number of nitrogens with one attached hydrogen (secondary N) is 1. The van der Waals surface area contributed by atoms with Gasteiger partial charge in [-0.25, -0.2) is 4.98 Å². The predicted molar refractivity (Wildman–Crippen MR) is 85.8 cm³/mol. The molecule has 0 bridgehead atoms. The number of hydrogen-bond acceptors (Lipinski definition) is 4. The van der Waals surface area contributed by atoms with Crippen LogP contribution in [0.1, 0.15) is 16.1 Å². The van der Waals surface area contributed by atoms with Crippen LogP contribution in [0.2, 0.25) is 10.0 Å². The zero-order chi connectivity index (χ0) is 15.4. The van der Waals surface area contributed by atoms with Crippen molar-refractivity contribution < 1.29 is 4.79 Å². The summed E-state index contributed by atoms with van der Waals surface area (Å²) in [6.07, 6.45) is 0.665. The Kier molecular flexibility index (Phi) is 4.88. The molecular weight excluding hydrogens is 311 g/mol. The van der Waals surface area contributed by atoms with E-state index in [1.807, 2.05) is 6.07 Å². The van der Waals surface area contributed by atoms with Crippen LogP contribution in [0.15, 0.2) is 30.3 Å². The Morgan fingerprint density at radius 1 is 1.24 bits per heavy atom. The third-order valence-electron chi connectivity index (χ3n) is 2.88. The molecule has 0 atom stereocenters. The van der Waals surface area contributed by atoms with E-state index in [4.69, 9.17) is 34.7 Å². The summed E-state index contributed by atoms with van der Waals surface area (Å²) in [6.45, 7) is 0.556. The molecule has 0 saturated carbocycles. The normalized spacial score (nSPS) is 10.4. The van der Waals surface area contributed by atoms with Crippen molar-refractivity contribution in [1.82, 2.24) is 4.98 Å². The van der Waals surface area contributed by atoms with Crippen LogP contribution in [0.3, 0.4) is 0 Å². The van der Waals surface area contributed by atoms with E-state index in [9.17, 15) is 4.79 Å². The standard InChI is InChI=1S/C14H14Cl2N4O/c15-9-2-1-8(10(16)7-9)5-6-19-14-11(17)3-4-12(20-14)13(18)21/h1-4,7H,5-6,17H2,(H2,18,21)(H,19,20). The SMILES string of the molecule is NC(=O)c1ccc(N)c(NCCc2ccc(Cl)cc2Cl)n1. The summed E-state index contributed by atoms with van der Waals surface area (Å²) in [5.41, 5.74) is 12.6. The maximum atomic E-state index is 11.1. The van der Waals surface area contributed by atoms with Gasteiger partial charge in [0.1, 0.15) is 11.5 Å². The topological polar surface area (TPSA) is 94.0 Å². The molecule has 0 aliphatic rings. The lowest BCUT2D eigenvalue weighted by atomic mass is 10.1. The van der Waals surface area contributed by atoms with E-state index in [0.29, 0.717) is 34.5 Å². The number of primary amides is 1. The Morgan fingerprint density at radius 3 is 2.67 bits per heavy atom. The number of benzene rings is 1. The van der Waals surface area contributed by atoms with Gasteiger partial charge in [0.2, 0.25) is 0 Å². The Hall–Kier alpha value is -1.98. The highest BCUT2D eigenvalue weighted by atomic mass is 35.5. The first-order chi connectivity index (χ1) is 9.97. The average Bonchev–Trinajstić information content (AvgIpc) is 2.43. The largest absolute Gasteiger partial charge is 0.396 e. The molecule has 0 aliphatic carbocycles. The molecule has 7 heteroatoms. The molecule has 1 aromatic carbocycles. The van der Waals surface area contributed by atoms with E-state index in [1.54, 1.807) is 18.2 Å². The van der Waals surface area contributed by atoms with E-state index in [2.05, 4.69) is 10.3 Å². The molecule has 5 N–H and O–H groups in total. The molecule has 1 heterocycles. The number of nitrogen functional groups attached to an aromatic ring is 1. The van der Waals surface area contributed by atoms with Gasteiger partial charge in [-0.3, -0.25) is 4.79 Å². The van der Waals surface area contributed by atoms with Gasteiger partial charge in [0, 0.05) is 16.6 Å². The molecule has 1 aromatic heterocycles. The van der Waals surface area contributed by atoms with Crippen LogP contribution in [-0.4, -0.2) is 17.4 Å². The van der Waals surface area contributed by atoms with E-state index in [-0.39, 0.29) is 5.69 Å². The van der Waals surface area contributed by atoms with Crippen LogP contribution in [0, 0.1) is 0 Å². The third-order valence-corrected chi connectivity index (χ3v) is 3.47. The van der Waals surface area contributed by atoms with Gasteiger partial charge in [0.15, 0.2) is 0 Å². The summed E-state index contributed by atoms with van der Waals surface area (Å²) in [4.78, 5) is 15.2. The number of nitrogens with two attached hydrogens (primary N) is 2. The van der Waals surface area contributed by atoms with E-state index < -0.39 is 5.91 Å². The number of rotatable bonds is 5. The van der Waals surface area contributed by atoms with Gasteiger partial charge >= 0.3 is 0 Å². The summed E-state index contributed by atoms with van der Waals surface area (Å²) < 4.78 is 0. The molecule has 1 amide bonds. The van der Waals surface area contributed by atoms with Gasteiger partial charge in [-0.1, -0.05) is 29.3 Å². The number of amides is 1. The van der Waals surface area contributed by atoms with Crippen LogP contribution < -0.4 is 16.8 Å². The number of anilines is 2. The van der Waals surface area contributed by atoms with Crippen molar-refractivity contribution in [3.05, 3.63) is 51.6 Å². The summed E-state index contributed by atoms with van der Waals surface area (Å²) in [5, 5.41) is 4.26. The quantitative estimate of drug-likeness (QED) is 0.788. The molecule has 5 nitrogen and oxygen atoms in total. The Balaban J connectivity index is 2.03. The first-order valence-electron chi connectivity index (χ1n) is 6.21. The van der Waals surface area contributed by atoms with Crippen molar-refractivity contribution in [1.29, 1.82) is 0 Å².